The molecule has 2 nitrogen and oxygen atoms in total. The first-order chi connectivity index (χ1) is 8.15. The highest BCUT2D eigenvalue weighted by Crippen LogP contribution is 2.26. The summed E-state index contributed by atoms with van der Waals surface area (Å²) in [5.74, 6) is 0.621. The van der Waals surface area contributed by atoms with Gasteiger partial charge in [0.15, 0.2) is 0 Å². The smallest absolute Gasteiger partial charge is 0.0702 e. The van der Waals surface area contributed by atoms with E-state index in [0.29, 0.717) is 5.92 Å². The molecular weight excluding hydrogens is 234 g/mol. The molecule has 1 unspecified atom stereocenters. The first-order valence-corrected chi connectivity index (χ1v) is 6.41. The third-order valence-electron chi connectivity index (χ3n) is 3.30. The molecule has 0 aliphatic heterocycles. The Balaban J connectivity index is 2.50. The summed E-state index contributed by atoms with van der Waals surface area (Å²) in [6.07, 6.45) is 3.18. The number of aromatic nitrogens is 1. The monoisotopic (exact) mass is 251 g/mol. The molecule has 2 rings (SSSR count). The van der Waals surface area contributed by atoms with Crippen molar-refractivity contribution in [2.75, 3.05) is 0 Å². The molecule has 17 heavy (non-hydrogen) atoms. The maximum atomic E-state index is 9.36. The van der Waals surface area contributed by atoms with Gasteiger partial charge in [-0.15, -0.1) is 0 Å². The van der Waals surface area contributed by atoms with Gasteiger partial charge in [-0.1, -0.05) is 37.9 Å². The molecule has 0 bridgehead atoms. The van der Waals surface area contributed by atoms with Gasteiger partial charge in [0.05, 0.1) is 6.61 Å². The first-order valence-electron chi connectivity index (χ1n) is 6.03. The number of rotatable bonds is 4. The van der Waals surface area contributed by atoms with E-state index in [4.69, 9.17) is 11.6 Å². The van der Waals surface area contributed by atoms with Crippen LogP contribution in [0, 0.1) is 5.92 Å². The molecule has 92 valence electrons. The Kier molecular flexibility index (Phi) is 3.75. The number of benzene rings is 1. The van der Waals surface area contributed by atoms with Crippen LogP contribution in [0.2, 0.25) is 5.02 Å². The van der Waals surface area contributed by atoms with E-state index >= 15 is 0 Å². The minimum absolute atomic E-state index is 0.0750. The summed E-state index contributed by atoms with van der Waals surface area (Å²) in [4.78, 5) is 0. The SMILES string of the molecule is CCC(C)Cn1cc(CO)c2ccc(Cl)cc21. The summed E-state index contributed by atoms with van der Waals surface area (Å²) < 4.78 is 2.20. The van der Waals surface area contributed by atoms with Crippen molar-refractivity contribution in [2.24, 2.45) is 5.92 Å². The lowest BCUT2D eigenvalue weighted by Gasteiger charge is -2.11. The molecule has 0 radical (unpaired) electrons. The van der Waals surface area contributed by atoms with Gasteiger partial charge in [0.25, 0.3) is 0 Å². The molecule has 1 atom stereocenters. The number of nitrogens with zero attached hydrogens (tertiary/aromatic N) is 1. The number of fused-ring (bicyclic) bond motifs is 1. The highest BCUT2D eigenvalue weighted by Gasteiger charge is 2.10. The van der Waals surface area contributed by atoms with Crippen molar-refractivity contribution < 1.29 is 5.11 Å². The van der Waals surface area contributed by atoms with E-state index in [1.165, 1.54) is 0 Å². The van der Waals surface area contributed by atoms with E-state index in [2.05, 4.69) is 18.4 Å². The minimum atomic E-state index is 0.0750. The molecule has 0 spiro atoms. The van der Waals surface area contributed by atoms with Gasteiger partial charge in [-0.05, 0) is 18.1 Å². The van der Waals surface area contributed by atoms with Crippen molar-refractivity contribution in [2.45, 2.75) is 33.4 Å². The summed E-state index contributed by atoms with van der Waals surface area (Å²) in [5.41, 5.74) is 2.09. The molecule has 0 amide bonds. The second kappa shape index (κ2) is 5.11. The average molecular weight is 252 g/mol. The van der Waals surface area contributed by atoms with Crippen LogP contribution in [-0.4, -0.2) is 9.67 Å². The summed E-state index contributed by atoms with van der Waals surface area (Å²) in [7, 11) is 0. The zero-order valence-electron chi connectivity index (χ0n) is 10.3. The molecule has 0 aliphatic rings. The standard InChI is InChI=1S/C14H18ClNO/c1-3-10(2)7-16-8-11(9-17)13-5-4-12(15)6-14(13)16/h4-6,8,10,17H,3,7,9H2,1-2H3. The molecule has 0 saturated heterocycles. The summed E-state index contributed by atoms with van der Waals surface area (Å²) in [6, 6.07) is 5.82. The minimum Gasteiger partial charge on any atom is -0.392 e. The van der Waals surface area contributed by atoms with Gasteiger partial charge in [0.2, 0.25) is 0 Å². The van der Waals surface area contributed by atoms with Crippen LogP contribution in [0.4, 0.5) is 0 Å². The Bertz CT molecular complexity index is 518. The third-order valence-corrected chi connectivity index (χ3v) is 3.54. The van der Waals surface area contributed by atoms with Gasteiger partial charge >= 0.3 is 0 Å². The Morgan fingerprint density at radius 2 is 2.18 bits per heavy atom. The molecule has 1 aromatic carbocycles. The van der Waals surface area contributed by atoms with Crippen LogP contribution in [0.15, 0.2) is 24.4 Å². The largest absolute Gasteiger partial charge is 0.392 e. The Labute approximate surface area is 107 Å². The van der Waals surface area contributed by atoms with Crippen LogP contribution < -0.4 is 0 Å². The number of aliphatic hydroxyl groups is 1. The van der Waals surface area contributed by atoms with Gasteiger partial charge in [0, 0.05) is 34.2 Å². The van der Waals surface area contributed by atoms with Gasteiger partial charge in [-0.3, -0.25) is 0 Å². The fourth-order valence-corrected chi connectivity index (χ4v) is 2.25. The van der Waals surface area contributed by atoms with Crippen LogP contribution in [0.25, 0.3) is 10.9 Å². The van der Waals surface area contributed by atoms with E-state index in [9.17, 15) is 5.11 Å². The van der Waals surface area contributed by atoms with Crippen molar-refractivity contribution in [1.82, 2.24) is 4.57 Å². The van der Waals surface area contributed by atoms with Crippen LogP contribution in [0.1, 0.15) is 25.8 Å². The maximum absolute atomic E-state index is 9.36. The highest BCUT2D eigenvalue weighted by atomic mass is 35.5. The molecule has 1 aromatic heterocycles. The lowest BCUT2D eigenvalue weighted by molar-refractivity contribution is 0.283. The van der Waals surface area contributed by atoms with Gasteiger partial charge in [-0.2, -0.15) is 0 Å². The topological polar surface area (TPSA) is 25.2 Å². The van der Waals surface area contributed by atoms with Crippen molar-refractivity contribution in [3.63, 3.8) is 0 Å². The predicted octanol–water partition coefficient (Wildman–Crippen LogP) is 3.83. The van der Waals surface area contributed by atoms with E-state index in [1.807, 2.05) is 24.4 Å². The highest BCUT2D eigenvalue weighted by molar-refractivity contribution is 6.31. The maximum Gasteiger partial charge on any atom is 0.0702 e. The van der Waals surface area contributed by atoms with Gasteiger partial charge < -0.3 is 9.67 Å². The molecule has 2 aromatic rings. The number of halogens is 1. The van der Waals surface area contributed by atoms with Gasteiger partial charge in [-0.25, -0.2) is 0 Å². The van der Waals surface area contributed by atoms with E-state index in [1.54, 1.807) is 0 Å². The first kappa shape index (κ1) is 12.5. The number of aliphatic hydroxyl groups excluding tert-OH is 1. The zero-order chi connectivity index (χ0) is 12.4. The van der Waals surface area contributed by atoms with Crippen LogP contribution in [-0.2, 0) is 13.2 Å². The van der Waals surface area contributed by atoms with Gasteiger partial charge in [0.1, 0.15) is 0 Å². The van der Waals surface area contributed by atoms with Crippen molar-refractivity contribution >= 4 is 22.5 Å². The summed E-state index contributed by atoms with van der Waals surface area (Å²) >= 11 is 6.04. The molecular formula is C14H18ClNO. The average Bonchev–Trinajstić information content (AvgIpc) is 2.66. The van der Waals surface area contributed by atoms with Crippen LogP contribution in [0.5, 0.6) is 0 Å². The Morgan fingerprint density at radius 1 is 1.41 bits per heavy atom. The lowest BCUT2D eigenvalue weighted by Crippen LogP contribution is -2.05. The third kappa shape index (κ3) is 2.48. The molecule has 1 N–H and O–H groups in total. The fraction of sp³-hybridized carbons (Fsp3) is 0.429. The molecule has 0 fully saturated rings. The summed E-state index contributed by atoms with van der Waals surface area (Å²) in [5, 5.41) is 11.2. The normalized spacial score (nSPS) is 13.2. The predicted molar refractivity (Wildman–Crippen MR) is 72.3 cm³/mol. The van der Waals surface area contributed by atoms with Crippen molar-refractivity contribution in [1.29, 1.82) is 0 Å². The fourth-order valence-electron chi connectivity index (χ4n) is 2.08. The van der Waals surface area contributed by atoms with E-state index in [0.717, 1.165) is 34.5 Å². The quantitative estimate of drug-likeness (QED) is 0.878. The number of hydrogen-bond acceptors (Lipinski definition) is 1. The van der Waals surface area contributed by atoms with Crippen molar-refractivity contribution in [3.05, 3.63) is 35.0 Å². The molecule has 1 heterocycles. The van der Waals surface area contributed by atoms with E-state index < -0.39 is 0 Å². The Morgan fingerprint density at radius 3 is 2.82 bits per heavy atom. The molecule has 0 aliphatic carbocycles. The second-order valence-electron chi connectivity index (χ2n) is 4.64. The van der Waals surface area contributed by atoms with Crippen LogP contribution >= 0.6 is 11.6 Å². The van der Waals surface area contributed by atoms with Crippen molar-refractivity contribution in [3.8, 4) is 0 Å². The van der Waals surface area contributed by atoms with E-state index in [-0.39, 0.29) is 6.61 Å². The summed E-state index contributed by atoms with van der Waals surface area (Å²) in [6.45, 7) is 5.46. The lowest BCUT2D eigenvalue weighted by atomic mass is 10.1. The zero-order valence-corrected chi connectivity index (χ0v) is 11.0. The number of hydrogen-bond donors (Lipinski definition) is 1. The molecule has 3 heteroatoms. The second-order valence-corrected chi connectivity index (χ2v) is 5.08. The Hall–Kier alpha value is -0.990. The van der Waals surface area contributed by atoms with Crippen LogP contribution in [0.3, 0.4) is 0 Å². The molecule has 0 saturated carbocycles.